The minimum absolute atomic E-state index is 0.155. The van der Waals surface area contributed by atoms with Crippen LogP contribution in [-0.4, -0.2) is 53.1 Å². The van der Waals surface area contributed by atoms with Gasteiger partial charge in [0.15, 0.2) is 17.2 Å². The number of halogens is 2. The Morgan fingerprint density at radius 3 is 2.75 bits per heavy atom. The van der Waals surface area contributed by atoms with Crippen LogP contribution in [0.1, 0.15) is 25.3 Å². The molecule has 132 valence electrons. The van der Waals surface area contributed by atoms with E-state index in [1.807, 2.05) is 18.9 Å². The number of likely N-dealkylation sites (N-methyl/N-ethyl adjacent to an activating group) is 1. The van der Waals surface area contributed by atoms with Crippen molar-refractivity contribution in [1.82, 2.24) is 9.80 Å². The summed E-state index contributed by atoms with van der Waals surface area (Å²) < 4.78 is 26.3. The number of carbonyl (C=O) groups excluding carboxylic acids is 1. The molecule has 1 saturated heterocycles. The Bertz CT molecular complexity index is 635. The molecule has 4 nitrogen and oxygen atoms in total. The number of hydrogen-bond acceptors (Lipinski definition) is 3. The molecule has 0 aliphatic carbocycles. The molecule has 1 N–H and O–H groups in total. The third-order valence-corrected chi connectivity index (χ3v) is 4.13. The normalized spacial score (nSPS) is 21.4. The van der Waals surface area contributed by atoms with Gasteiger partial charge >= 0.3 is 0 Å². The second kappa shape index (κ2) is 7.40. The van der Waals surface area contributed by atoms with Crippen molar-refractivity contribution in [1.29, 1.82) is 0 Å². The van der Waals surface area contributed by atoms with E-state index >= 15 is 0 Å². The number of benzene rings is 1. The predicted molar refractivity (Wildman–Crippen MR) is 88.3 cm³/mol. The lowest BCUT2D eigenvalue weighted by atomic mass is 9.90. The Morgan fingerprint density at radius 2 is 2.12 bits per heavy atom. The zero-order valence-electron chi connectivity index (χ0n) is 14.2. The second-order valence-corrected chi connectivity index (χ2v) is 6.74. The van der Waals surface area contributed by atoms with Crippen molar-refractivity contribution in [3.63, 3.8) is 0 Å². The number of carbonyl (C=O) groups is 1. The van der Waals surface area contributed by atoms with Crippen molar-refractivity contribution < 1.29 is 18.7 Å². The van der Waals surface area contributed by atoms with Crippen molar-refractivity contribution >= 4 is 5.91 Å². The van der Waals surface area contributed by atoms with Gasteiger partial charge in [-0.1, -0.05) is 18.2 Å². The predicted octanol–water partition coefficient (Wildman–Crippen LogP) is 2.33. The zero-order valence-corrected chi connectivity index (χ0v) is 14.2. The second-order valence-electron chi connectivity index (χ2n) is 6.74. The largest absolute Gasteiger partial charge is 0.379 e. The highest BCUT2D eigenvalue weighted by atomic mass is 19.2. The van der Waals surface area contributed by atoms with Gasteiger partial charge in [0.05, 0.1) is 0 Å². The highest BCUT2D eigenvalue weighted by Crippen LogP contribution is 2.25. The minimum Gasteiger partial charge on any atom is -0.379 e. The van der Waals surface area contributed by atoms with Gasteiger partial charge in [-0.15, -0.1) is 0 Å². The van der Waals surface area contributed by atoms with E-state index in [4.69, 9.17) is 0 Å². The molecule has 0 bridgehead atoms. The number of likely N-dealkylation sites (tertiary alicyclic amines) is 1. The van der Waals surface area contributed by atoms with E-state index in [0.717, 1.165) is 17.7 Å². The molecule has 2 rings (SSSR count). The Hall–Kier alpha value is -1.79. The maximum atomic E-state index is 13.3. The van der Waals surface area contributed by atoms with E-state index in [9.17, 15) is 18.7 Å². The summed E-state index contributed by atoms with van der Waals surface area (Å²) in [7, 11) is 1.83. The quantitative estimate of drug-likeness (QED) is 0.810. The molecule has 1 aromatic rings. The first kappa shape index (κ1) is 18.5. The molecule has 0 radical (unpaired) electrons. The third kappa shape index (κ3) is 4.39. The molecular weight excluding hydrogens is 314 g/mol. The molecular formula is C18H24F2N2O2. The summed E-state index contributed by atoms with van der Waals surface area (Å²) in [6.07, 6.45) is 1.05. The monoisotopic (exact) mass is 338 g/mol. The van der Waals surface area contributed by atoms with E-state index < -0.39 is 17.2 Å². The van der Waals surface area contributed by atoms with E-state index in [1.165, 1.54) is 11.0 Å². The van der Waals surface area contributed by atoms with Gasteiger partial charge in [0, 0.05) is 26.2 Å². The molecule has 6 heteroatoms. The van der Waals surface area contributed by atoms with Crippen molar-refractivity contribution in [2.75, 3.05) is 26.7 Å². The first-order chi connectivity index (χ1) is 11.2. The Kier molecular flexibility index (Phi) is 5.72. The van der Waals surface area contributed by atoms with Crippen LogP contribution in [0, 0.1) is 11.6 Å². The van der Waals surface area contributed by atoms with Crippen molar-refractivity contribution in [3.05, 3.63) is 47.5 Å². The van der Waals surface area contributed by atoms with Crippen LogP contribution in [-0.2, 0) is 11.3 Å². The summed E-state index contributed by atoms with van der Waals surface area (Å²) >= 11 is 0. The summed E-state index contributed by atoms with van der Waals surface area (Å²) in [6.45, 7) is 7.18. The van der Waals surface area contributed by atoms with Gasteiger partial charge in [-0.05, 0) is 44.5 Å². The van der Waals surface area contributed by atoms with Gasteiger partial charge in [-0.2, -0.15) is 0 Å². The van der Waals surface area contributed by atoms with Gasteiger partial charge in [0.2, 0.25) is 0 Å². The molecule has 0 aromatic heterocycles. The summed E-state index contributed by atoms with van der Waals surface area (Å²) in [5.74, 6) is -2.22. The fourth-order valence-electron chi connectivity index (χ4n) is 3.18. The molecule has 1 aromatic carbocycles. The summed E-state index contributed by atoms with van der Waals surface area (Å²) in [4.78, 5) is 16.1. The van der Waals surface area contributed by atoms with Crippen LogP contribution in [0.2, 0.25) is 0 Å². The number of piperidine rings is 1. The van der Waals surface area contributed by atoms with E-state index in [-0.39, 0.29) is 19.0 Å². The molecule has 0 saturated carbocycles. The van der Waals surface area contributed by atoms with Crippen LogP contribution in [0.15, 0.2) is 30.4 Å². The molecule has 1 heterocycles. The van der Waals surface area contributed by atoms with Crippen LogP contribution in [0.25, 0.3) is 0 Å². The van der Waals surface area contributed by atoms with Crippen LogP contribution in [0.3, 0.4) is 0 Å². The Labute approximate surface area is 141 Å². The van der Waals surface area contributed by atoms with Gasteiger partial charge in [0.25, 0.3) is 5.91 Å². The number of aliphatic hydroxyl groups is 1. The van der Waals surface area contributed by atoms with E-state index in [0.29, 0.717) is 31.5 Å². The zero-order chi connectivity index (χ0) is 17.9. The fraction of sp³-hybridized carbons (Fsp3) is 0.500. The molecule has 0 spiro atoms. The average Bonchev–Trinajstić information content (AvgIpc) is 2.47. The maximum Gasteiger partial charge on any atom is 0.256 e. The molecule has 1 aliphatic heterocycles. The van der Waals surface area contributed by atoms with E-state index in [2.05, 4.69) is 6.58 Å². The van der Waals surface area contributed by atoms with Gasteiger partial charge in [-0.3, -0.25) is 9.69 Å². The number of rotatable bonds is 6. The topological polar surface area (TPSA) is 43.8 Å². The first-order valence-electron chi connectivity index (χ1n) is 8.00. The highest BCUT2D eigenvalue weighted by molar-refractivity contribution is 5.86. The lowest BCUT2D eigenvalue weighted by Crippen LogP contribution is -2.58. The molecule has 1 atom stereocenters. The van der Waals surface area contributed by atoms with Crippen LogP contribution >= 0.6 is 0 Å². The molecule has 1 fully saturated rings. The van der Waals surface area contributed by atoms with Crippen molar-refractivity contribution in [2.24, 2.45) is 0 Å². The smallest absolute Gasteiger partial charge is 0.256 e. The molecule has 1 amide bonds. The number of nitrogens with zero attached hydrogens (tertiary/aromatic N) is 2. The van der Waals surface area contributed by atoms with Crippen molar-refractivity contribution in [3.8, 4) is 0 Å². The summed E-state index contributed by atoms with van der Waals surface area (Å²) in [5, 5.41) is 10.8. The molecule has 24 heavy (non-hydrogen) atoms. The standard InChI is InChI=1S/C18H24F2N2O2/c1-13(2)10-21(3)12-18(24)7-4-8-22(17(18)23)11-14-5-6-15(19)16(20)9-14/h5-6,9,24H,1,4,7-8,10-12H2,2-3H3/t18-/m1/s1. The van der Waals surface area contributed by atoms with Gasteiger partial charge < -0.3 is 10.0 Å². The van der Waals surface area contributed by atoms with Gasteiger partial charge in [-0.25, -0.2) is 8.78 Å². The fourth-order valence-corrected chi connectivity index (χ4v) is 3.18. The van der Waals surface area contributed by atoms with Crippen molar-refractivity contribution in [2.45, 2.75) is 31.9 Å². The lowest BCUT2D eigenvalue weighted by Gasteiger charge is -2.40. The first-order valence-corrected chi connectivity index (χ1v) is 8.00. The number of amides is 1. The SMILES string of the molecule is C=C(C)CN(C)C[C@]1(O)CCCN(Cc2ccc(F)c(F)c2)C1=O. The number of hydrogen-bond donors (Lipinski definition) is 1. The Morgan fingerprint density at radius 1 is 1.42 bits per heavy atom. The highest BCUT2D eigenvalue weighted by Gasteiger charge is 2.42. The minimum atomic E-state index is -1.46. The maximum absolute atomic E-state index is 13.3. The summed E-state index contributed by atoms with van der Waals surface area (Å²) in [6, 6.07) is 3.59. The Balaban J connectivity index is 2.08. The van der Waals surface area contributed by atoms with Crippen LogP contribution in [0.5, 0.6) is 0 Å². The third-order valence-electron chi connectivity index (χ3n) is 4.13. The molecule has 0 unspecified atom stereocenters. The lowest BCUT2D eigenvalue weighted by molar-refractivity contribution is -0.159. The van der Waals surface area contributed by atoms with Crippen LogP contribution in [0.4, 0.5) is 8.78 Å². The summed E-state index contributed by atoms with van der Waals surface area (Å²) in [5.41, 5.74) is -0.00843. The van der Waals surface area contributed by atoms with E-state index in [1.54, 1.807) is 0 Å². The molecule has 1 aliphatic rings. The average molecular weight is 338 g/mol. The van der Waals surface area contributed by atoms with Gasteiger partial charge in [0.1, 0.15) is 0 Å². The van der Waals surface area contributed by atoms with Crippen LogP contribution < -0.4 is 0 Å².